The zero-order chi connectivity index (χ0) is 15.1. The van der Waals surface area contributed by atoms with Gasteiger partial charge in [-0.3, -0.25) is 4.79 Å². The predicted octanol–water partition coefficient (Wildman–Crippen LogP) is 2.97. The van der Waals surface area contributed by atoms with Crippen molar-refractivity contribution < 1.29 is 4.79 Å². The van der Waals surface area contributed by atoms with Gasteiger partial charge in [0.05, 0.1) is 10.4 Å². The lowest BCUT2D eigenvalue weighted by atomic mass is 9.61. The Labute approximate surface area is 128 Å². The van der Waals surface area contributed by atoms with E-state index >= 15 is 0 Å². The van der Waals surface area contributed by atoms with Crippen molar-refractivity contribution >= 4 is 23.1 Å². The molecule has 1 amide bonds. The van der Waals surface area contributed by atoms with Crippen LogP contribution >= 0.6 is 12.2 Å². The van der Waals surface area contributed by atoms with E-state index in [9.17, 15) is 4.79 Å². The molecule has 2 aliphatic rings. The molecule has 2 fully saturated rings. The highest BCUT2D eigenvalue weighted by Gasteiger charge is 2.52. The third kappa shape index (κ3) is 2.72. The van der Waals surface area contributed by atoms with Gasteiger partial charge in [-0.2, -0.15) is 0 Å². The Morgan fingerprint density at radius 1 is 1.25 bits per heavy atom. The summed E-state index contributed by atoms with van der Waals surface area (Å²) in [5.41, 5.74) is 5.69. The molecule has 0 bridgehead atoms. The molecule has 0 aromatic heterocycles. The lowest BCUT2D eigenvalue weighted by Crippen LogP contribution is -2.58. The minimum Gasteiger partial charge on any atom is -0.392 e. The van der Waals surface area contributed by atoms with Gasteiger partial charge in [-0.05, 0) is 42.9 Å². The molecule has 20 heavy (non-hydrogen) atoms. The van der Waals surface area contributed by atoms with E-state index in [2.05, 4.69) is 27.7 Å². The van der Waals surface area contributed by atoms with Crippen LogP contribution in [0.15, 0.2) is 0 Å². The molecule has 1 aliphatic heterocycles. The molecule has 3 nitrogen and oxygen atoms in total. The SMILES string of the molecule is CC1CC(C(=O)N2CCC(C(C)(C)C)CC2)(C(N)=S)C1. The van der Waals surface area contributed by atoms with Crippen LogP contribution in [-0.2, 0) is 4.79 Å². The van der Waals surface area contributed by atoms with Crippen molar-refractivity contribution in [2.24, 2.45) is 28.4 Å². The summed E-state index contributed by atoms with van der Waals surface area (Å²) in [7, 11) is 0. The summed E-state index contributed by atoms with van der Waals surface area (Å²) < 4.78 is 0. The van der Waals surface area contributed by atoms with Crippen LogP contribution < -0.4 is 5.73 Å². The number of amides is 1. The molecular weight excluding hydrogens is 268 g/mol. The standard InChI is InChI=1S/C16H28N2OS/c1-11-9-16(10-11,13(17)20)14(19)18-7-5-12(6-8-18)15(2,3)4/h11-12H,5-10H2,1-4H3,(H2,17,20). The third-order valence-corrected chi connectivity index (χ3v) is 5.67. The molecule has 0 aromatic rings. The number of thiocarbonyl (C=S) groups is 1. The summed E-state index contributed by atoms with van der Waals surface area (Å²) >= 11 is 5.19. The average molecular weight is 296 g/mol. The topological polar surface area (TPSA) is 46.3 Å². The summed E-state index contributed by atoms with van der Waals surface area (Å²) in [5, 5.41) is 0. The highest BCUT2D eigenvalue weighted by Crippen LogP contribution is 2.47. The lowest BCUT2D eigenvalue weighted by Gasteiger charge is -2.48. The van der Waals surface area contributed by atoms with E-state index in [-0.39, 0.29) is 5.91 Å². The second-order valence-electron chi connectivity index (χ2n) is 7.89. The molecule has 0 unspecified atom stereocenters. The van der Waals surface area contributed by atoms with E-state index in [0.717, 1.165) is 38.8 Å². The zero-order valence-electron chi connectivity index (χ0n) is 13.2. The fraction of sp³-hybridized carbons (Fsp3) is 0.875. The Morgan fingerprint density at radius 3 is 2.10 bits per heavy atom. The van der Waals surface area contributed by atoms with Gasteiger partial charge in [-0.1, -0.05) is 39.9 Å². The van der Waals surface area contributed by atoms with Gasteiger partial charge < -0.3 is 10.6 Å². The highest BCUT2D eigenvalue weighted by molar-refractivity contribution is 7.80. The quantitative estimate of drug-likeness (QED) is 0.797. The number of carbonyl (C=O) groups excluding carboxylic acids is 1. The smallest absolute Gasteiger partial charge is 0.235 e. The van der Waals surface area contributed by atoms with Crippen LogP contribution in [0, 0.1) is 22.7 Å². The first-order chi connectivity index (χ1) is 9.17. The Bertz CT molecular complexity index is 399. The maximum atomic E-state index is 12.8. The summed E-state index contributed by atoms with van der Waals surface area (Å²) in [6.45, 7) is 10.8. The number of nitrogens with two attached hydrogens (primary N) is 1. The van der Waals surface area contributed by atoms with Crippen LogP contribution in [0.4, 0.5) is 0 Å². The van der Waals surface area contributed by atoms with E-state index in [1.54, 1.807) is 0 Å². The molecule has 1 aliphatic carbocycles. The van der Waals surface area contributed by atoms with Gasteiger partial charge in [0.1, 0.15) is 0 Å². The number of hydrogen-bond acceptors (Lipinski definition) is 2. The zero-order valence-corrected chi connectivity index (χ0v) is 14.1. The highest BCUT2D eigenvalue weighted by atomic mass is 32.1. The summed E-state index contributed by atoms with van der Waals surface area (Å²) in [6.07, 6.45) is 3.86. The molecule has 0 aromatic carbocycles. The Balaban J connectivity index is 2.00. The van der Waals surface area contributed by atoms with Gasteiger partial charge in [0.2, 0.25) is 5.91 Å². The summed E-state index contributed by atoms with van der Waals surface area (Å²) in [5.74, 6) is 1.45. The predicted molar refractivity (Wildman–Crippen MR) is 86.4 cm³/mol. The fourth-order valence-corrected chi connectivity index (χ4v) is 4.12. The average Bonchev–Trinajstić information content (AvgIpc) is 2.32. The van der Waals surface area contributed by atoms with Crippen molar-refractivity contribution in [3.63, 3.8) is 0 Å². The molecule has 2 rings (SSSR count). The first kappa shape index (κ1) is 15.7. The number of nitrogens with zero attached hydrogens (tertiary/aromatic N) is 1. The number of carbonyl (C=O) groups is 1. The van der Waals surface area contributed by atoms with Crippen LogP contribution in [0.1, 0.15) is 53.4 Å². The third-order valence-electron chi connectivity index (χ3n) is 5.28. The normalized spacial score (nSPS) is 31.8. The molecule has 2 N–H and O–H groups in total. The van der Waals surface area contributed by atoms with Crippen molar-refractivity contribution in [1.29, 1.82) is 0 Å². The number of piperidine rings is 1. The van der Waals surface area contributed by atoms with Crippen molar-refractivity contribution in [3.8, 4) is 0 Å². The number of hydrogen-bond donors (Lipinski definition) is 1. The van der Waals surface area contributed by atoms with E-state index in [4.69, 9.17) is 18.0 Å². The van der Waals surface area contributed by atoms with Gasteiger partial charge in [0, 0.05) is 13.1 Å². The van der Waals surface area contributed by atoms with E-state index < -0.39 is 5.41 Å². The van der Waals surface area contributed by atoms with Crippen LogP contribution in [0.25, 0.3) is 0 Å². The van der Waals surface area contributed by atoms with Crippen LogP contribution in [0.5, 0.6) is 0 Å². The molecule has 0 atom stereocenters. The monoisotopic (exact) mass is 296 g/mol. The van der Waals surface area contributed by atoms with E-state index in [1.165, 1.54) is 0 Å². The molecule has 1 heterocycles. The van der Waals surface area contributed by atoms with Gasteiger partial charge in [-0.25, -0.2) is 0 Å². The van der Waals surface area contributed by atoms with Gasteiger partial charge in [0.15, 0.2) is 0 Å². The van der Waals surface area contributed by atoms with Crippen molar-refractivity contribution in [3.05, 3.63) is 0 Å². The first-order valence-corrected chi connectivity index (χ1v) is 8.17. The van der Waals surface area contributed by atoms with Gasteiger partial charge >= 0.3 is 0 Å². The molecule has 0 radical (unpaired) electrons. The molecule has 1 saturated carbocycles. The van der Waals surface area contributed by atoms with Crippen molar-refractivity contribution in [2.45, 2.75) is 53.4 Å². The van der Waals surface area contributed by atoms with Gasteiger partial charge in [0.25, 0.3) is 0 Å². The maximum Gasteiger partial charge on any atom is 0.235 e. The lowest BCUT2D eigenvalue weighted by molar-refractivity contribution is -0.146. The second-order valence-corrected chi connectivity index (χ2v) is 8.33. The number of rotatable bonds is 2. The number of likely N-dealkylation sites (tertiary alicyclic amines) is 1. The minimum absolute atomic E-state index is 0.190. The Morgan fingerprint density at radius 2 is 1.75 bits per heavy atom. The fourth-order valence-electron chi connectivity index (χ4n) is 3.86. The molecule has 0 spiro atoms. The van der Waals surface area contributed by atoms with Gasteiger partial charge in [-0.15, -0.1) is 0 Å². The molecule has 4 heteroatoms. The van der Waals surface area contributed by atoms with Crippen LogP contribution in [0.2, 0.25) is 0 Å². The largest absolute Gasteiger partial charge is 0.392 e. The maximum absolute atomic E-state index is 12.8. The Kier molecular flexibility index (Phi) is 4.16. The van der Waals surface area contributed by atoms with Crippen molar-refractivity contribution in [2.75, 3.05) is 13.1 Å². The van der Waals surface area contributed by atoms with Crippen molar-refractivity contribution in [1.82, 2.24) is 4.90 Å². The van der Waals surface area contributed by atoms with E-state index in [1.807, 2.05) is 4.90 Å². The minimum atomic E-state index is -0.524. The molecule has 114 valence electrons. The van der Waals surface area contributed by atoms with Crippen LogP contribution in [-0.4, -0.2) is 28.9 Å². The second kappa shape index (κ2) is 5.28. The summed E-state index contributed by atoms with van der Waals surface area (Å²) in [6, 6.07) is 0. The molecular formula is C16H28N2OS. The molecule has 1 saturated heterocycles. The van der Waals surface area contributed by atoms with Crippen LogP contribution in [0.3, 0.4) is 0 Å². The summed E-state index contributed by atoms with van der Waals surface area (Å²) in [4.78, 5) is 15.2. The Hall–Kier alpha value is -0.640. The van der Waals surface area contributed by atoms with E-state index in [0.29, 0.717) is 22.2 Å². The first-order valence-electron chi connectivity index (χ1n) is 7.76.